The van der Waals surface area contributed by atoms with Crippen molar-refractivity contribution in [2.45, 2.75) is 86.5 Å². The minimum absolute atomic E-state index is 0.00921. The van der Waals surface area contributed by atoms with E-state index in [-0.39, 0.29) is 23.3 Å². The van der Waals surface area contributed by atoms with Crippen LogP contribution in [0.4, 0.5) is 0 Å². The fourth-order valence-corrected chi connectivity index (χ4v) is 3.27. The van der Waals surface area contributed by atoms with E-state index in [1.165, 1.54) is 36.5 Å². The summed E-state index contributed by atoms with van der Waals surface area (Å²) in [6, 6.07) is 0. The molecule has 0 saturated carbocycles. The van der Waals surface area contributed by atoms with Crippen LogP contribution in [0.2, 0.25) is 0 Å². The van der Waals surface area contributed by atoms with E-state index >= 15 is 0 Å². The molecule has 0 aromatic rings. The summed E-state index contributed by atoms with van der Waals surface area (Å²) >= 11 is 9.11. The Labute approximate surface area is 210 Å². The van der Waals surface area contributed by atoms with Crippen LogP contribution in [0.25, 0.3) is 0 Å². The van der Waals surface area contributed by atoms with Gasteiger partial charge in [0.2, 0.25) is 0 Å². The van der Waals surface area contributed by atoms with Crippen LogP contribution in [0, 0.1) is 11.3 Å². The molecule has 29 heavy (non-hydrogen) atoms. The van der Waals surface area contributed by atoms with Crippen LogP contribution in [-0.2, 0) is 19.1 Å². The van der Waals surface area contributed by atoms with Crippen LogP contribution in [0.5, 0.6) is 0 Å². The maximum absolute atomic E-state index is 11.5. The highest BCUT2D eigenvalue weighted by molar-refractivity contribution is 14.1. The van der Waals surface area contributed by atoms with Crippen molar-refractivity contribution in [3.05, 3.63) is 0 Å². The predicted molar refractivity (Wildman–Crippen MR) is 141 cm³/mol. The smallest absolute Gasteiger partial charge is 0.311 e. The summed E-state index contributed by atoms with van der Waals surface area (Å²) in [5.41, 5.74) is -0.304. The molecule has 0 atom stereocenters. The van der Waals surface area contributed by atoms with Gasteiger partial charge in [-0.2, -0.15) is 0 Å². The molecule has 0 spiro atoms. The second-order valence-electron chi connectivity index (χ2n) is 7.45. The first-order valence-corrected chi connectivity index (χ1v) is 14.4. The second kappa shape index (κ2) is 24.9. The van der Waals surface area contributed by atoms with Gasteiger partial charge in [-0.05, 0) is 57.8 Å². The molecule has 0 rings (SSSR count). The summed E-state index contributed by atoms with van der Waals surface area (Å²) in [5, 5.41) is 2.31. The topological polar surface area (TPSA) is 52.6 Å². The lowest BCUT2D eigenvalue weighted by atomic mass is 9.87. The molecule has 176 valence electrons. The van der Waals surface area contributed by atoms with Gasteiger partial charge >= 0.3 is 11.9 Å². The Kier molecular flexibility index (Phi) is 29.4. The number of hydrogen-bond donors (Lipinski definition) is 0. The molecule has 0 aliphatic heterocycles. The van der Waals surface area contributed by atoms with Crippen LogP contribution < -0.4 is 0 Å². The van der Waals surface area contributed by atoms with Crippen LogP contribution in [-0.4, -0.2) is 40.2 Å². The molecule has 0 saturated heterocycles. The average molecular weight is 658 g/mol. The summed E-state index contributed by atoms with van der Waals surface area (Å²) in [7, 11) is 0. The lowest BCUT2D eigenvalue weighted by Crippen LogP contribution is -2.26. The Hall–Kier alpha value is 0.630. The van der Waals surface area contributed by atoms with Crippen LogP contribution in [0.3, 0.4) is 0 Å². The van der Waals surface area contributed by atoms with E-state index in [9.17, 15) is 9.59 Å². The lowest BCUT2D eigenvalue weighted by Gasteiger charge is -2.21. The van der Waals surface area contributed by atoms with E-state index in [4.69, 9.17) is 4.74 Å². The third kappa shape index (κ3) is 26.6. The van der Waals surface area contributed by atoms with Gasteiger partial charge in [0.15, 0.2) is 0 Å². The number of rotatable bonds is 13. The molecule has 0 aromatic heterocycles. The van der Waals surface area contributed by atoms with E-state index in [0.717, 1.165) is 23.5 Å². The van der Waals surface area contributed by atoms with Crippen molar-refractivity contribution < 1.29 is 19.1 Å². The molecule has 0 unspecified atom stereocenters. The zero-order chi connectivity index (χ0) is 23.1. The second-order valence-corrected chi connectivity index (χ2v) is 10.1. The molecule has 7 heteroatoms. The lowest BCUT2D eigenvalue weighted by molar-refractivity contribution is -0.153. The van der Waals surface area contributed by atoms with Crippen LogP contribution in [0.1, 0.15) is 86.5 Å². The number of carbonyl (C=O) groups is 2. The summed E-state index contributed by atoms with van der Waals surface area (Å²) in [5.74, 6) is -0.170. The number of alkyl halides is 3. The third-order valence-electron chi connectivity index (χ3n) is 3.79. The largest absolute Gasteiger partial charge is 0.466 e. The van der Waals surface area contributed by atoms with E-state index in [1.807, 2.05) is 34.6 Å². The van der Waals surface area contributed by atoms with Gasteiger partial charge in [-0.3, -0.25) is 9.59 Å². The van der Waals surface area contributed by atoms with Crippen molar-refractivity contribution in [1.82, 2.24) is 0 Å². The molecular formula is C22H43Br2IO4. The maximum Gasteiger partial charge on any atom is 0.311 e. The predicted octanol–water partition coefficient (Wildman–Crippen LogP) is 7.72. The normalized spacial score (nSPS) is 10.4. The van der Waals surface area contributed by atoms with Gasteiger partial charge in [0, 0.05) is 10.7 Å². The van der Waals surface area contributed by atoms with Crippen molar-refractivity contribution in [3.63, 3.8) is 0 Å². The Morgan fingerprint density at radius 1 is 0.862 bits per heavy atom. The number of esters is 2. The minimum Gasteiger partial charge on any atom is -0.466 e. The first kappa shape index (κ1) is 34.2. The standard InChI is InChI=1S/C11H21IO2.C6H12O2.C5H10Br2/c1-4-14-10(13)11(2,3)8-6-5-7-9-12;1-4-8-6(7)5(2)3;6-4-2-1-3-5-7/h4-9H2,1-3H3;5H,4H2,1-3H3;1-5H2. The van der Waals surface area contributed by atoms with Crippen molar-refractivity contribution >= 4 is 66.4 Å². The molecular weight excluding hydrogens is 615 g/mol. The summed E-state index contributed by atoms with van der Waals surface area (Å²) in [6.45, 7) is 12.2. The van der Waals surface area contributed by atoms with Gasteiger partial charge in [0.05, 0.1) is 24.5 Å². The molecule has 0 bridgehead atoms. The molecule has 0 aliphatic rings. The zero-order valence-corrected chi connectivity index (χ0v) is 24.7. The molecule has 0 fully saturated rings. The fraction of sp³-hybridized carbons (Fsp3) is 0.909. The van der Waals surface area contributed by atoms with Crippen LogP contribution >= 0.6 is 54.5 Å². The van der Waals surface area contributed by atoms with Gasteiger partial charge in [-0.15, -0.1) is 0 Å². The molecule has 0 radical (unpaired) electrons. The van der Waals surface area contributed by atoms with Gasteiger partial charge in [-0.1, -0.05) is 87.6 Å². The summed E-state index contributed by atoms with van der Waals surface area (Å²) in [6.07, 6.45) is 8.48. The number of carbonyl (C=O) groups excluding carboxylic acids is 2. The highest BCUT2D eigenvalue weighted by Crippen LogP contribution is 2.25. The quantitative estimate of drug-likeness (QED) is 0.0881. The van der Waals surface area contributed by atoms with Gasteiger partial charge in [0.1, 0.15) is 0 Å². The van der Waals surface area contributed by atoms with E-state index < -0.39 is 0 Å². The average Bonchev–Trinajstić information content (AvgIpc) is 2.67. The number of ether oxygens (including phenoxy) is 2. The zero-order valence-electron chi connectivity index (χ0n) is 19.3. The summed E-state index contributed by atoms with van der Waals surface area (Å²) < 4.78 is 10.9. The Morgan fingerprint density at radius 3 is 1.69 bits per heavy atom. The third-order valence-corrected chi connectivity index (χ3v) is 5.67. The first-order chi connectivity index (χ1) is 13.6. The molecule has 0 N–H and O–H groups in total. The van der Waals surface area contributed by atoms with Gasteiger partial charge < -0.3 is 9.47 Å². The summed E-state index contributed by atoms with van der Waals surface area (Å²) in [4.78, 5) is 22.0. The van der Waals surface area contributed by atoms with Crippen molar-refractivity contribution in [2.24, 2.45) is 11.3 Å². The van der Waals surface area contributed by atoms with Gasteiger partial charge in [0.25, 0.3) is 0 Å². The van der Waals surface area contributed by atoms with E-state index in [1.54, 1.807) is 6.92 Å². The van der Waals surface area contributed by atoms with E-state index in [0.29, 0.717) is 13.2 Å². The number of unbranched alkanes of at least 4 members (excludes halogenated alkanes) is 4. The Balaban J connectivity index is -0.000000383. The van der Waals surface area contributed by atoms with Crippen molar-refractivity contribution in [1.29, 1.82) is 0 Å². The van der Waals surface area contributed by atoms with Crippen molar-refractivity contribution in [2.75, 3.05) is 28.3 Å². The Bertz CT molecular complexity index is 374. The molecule has 0 heterocycles. The molecule has 4 nitrogen and oxygen atoms in total. The SMILES string of the molecule is BrCCCCCBr.CCOC(=O)C(C)(C)CCCCCI.CCOC(=O)C(C)C. The van der Waals surface area contributed by atoms with E-state index in [2.05, 4.69) is 59.2 Å². The van der Waals surface area contributed by atoms with Gasteiger partial charge in [-0.25, -0.2) is 0 Å². The number of halogens is 3. The first-order valence-electron chi connectivity index (χ1n) is 10.7. The highest BCUT2D eigenvalue weighted by Gasteiger charge is 2.28. The molecule has 0 aromatic carbocycles. The highest BCUT2D eigenvalue weighted by atomic mass is 127. The fourth-order valence-electron chi connectivity index (χ4n) is 1.94. The molecule has 0 aliphatic carbocycles. The monoisotopic (exact) mass is 656 g/mol. The van der Waals surface area contributed by atoms with Crippen LogP contribution in [0.15, 0.2) is 0 Å². The Morgan fingerprint density at radius 2 is 1.34 bits per heavy atom. The minimum atomic E-state index is -0.304. The molecule has 0 amide bonds. The number of hydrogen-bond acceptors (Lipinski definition) is 4. The maximum atomic E-state index is 11.5. The van der Waals surface area contributed by atoms with Crippen molar-refractivity contribution in [3.8, 4) is 0 Å².